The largest absolute Gasteiger partial charge is 0.326 e. The molecule has 0 fully saturated rings. The SMILES string of the molecule is CCCCn1c(-c2ccccc2)nc(-c2ccccc2)c1C(C)N(C)Cc1ccccc1. The van der Waals surface area contributed by atoms with Crippen LogP contribution in [0.2, 0.25) is 0 Å². The lowest BCUT2D eigenvalue weighted by Gasteiger charge is -2.27. The normalized spacial score (nSPS) is 12.2. The fourth-order valence-corrected chi connectivity index (χ4v) is 4.26. The van der Waals surface area contributed by atoms with Crippen LogP contribution in [0, 0.1) is 0 Å². The molecule has 0 bridgehead atoms. The van der Waals surface area contributed by atoms with Gasteiger partial charge in [0.15, 0.2) is 0 Å². The Kier molecular flexibility index (Phi) is 7.18. The predicted octanol–water partition coefficient (Wildman–Crippen LogP) is 7.21. The van der Waals surface area contributed by atoms with Crippen molar-refractivity contribution in [3.8, 4) is 22.6 Å². The molecule has 4 rings (SSSR count). The summed E-state index contributed by atoms with van der Waals surface area (Å²) in [6.45, 7) is 6.43. The van der Waals surface area contributed by atoms with Crippen molar-refractivity contribution < 1.29 is 0 Å². The second-order valence-electron chi connectivity index (χ2n) is 8.48. The van der Waals surface area contributed by atoms with Gasteiger partial charge in [-0.15, -0.1) is 0 Å². The maximum atomic E-state index is 5.25. The number of benzene rings is 3. The van der Waals surface area contributed by atoms with Gasteiger partial charge in [0.25, 0.3) is 0 Å². The van der Waals surface area contributed by atoms with Crippen LogP contribution in [0.5, 0.6) is 0 Å². The first-order valence-corrected chi connectivity index (χ1v) is 11.6. The van der Waals surface area contributed by atoms with E-state index in [0.29, 0.717) is 0 Å². The zero-order valence-electron chi connectivity index (χ0n) is 19.4. The molecule has 0 saturated carbocycles. The summed E-state index contributed by atoms with van der Waals surface area (Å²) >= 11 is 0. The van der Waals surface area contributed by atoms with Gasteiger partial charge in [-0.2, -0.15) is 0 Å². The predicted molar refractivity (Wildman–Crippen MR) is 134 cm³/mol. The molecular formula is C29H33N3. The summed E-state index contributed by atoms with van der Waals surface area (Å²) < 4.78 is 2.47. The number of aromatic nitrogens is 2. The summed E-state index contributed by atoms with van der Waals surface area (Å²) in [6.07, 6.45) is 2.29. The highest BCUT2D eigenvalue weighted by Gasteiger charge is 2.25. The Morgan fingerprint density at radius 1 is 0.812 bits per heavy atom. The number of hydrogen-bond acceptors (Lipinski definition) is 2. The number of imidazole rings is 1. The second-order valence-corrected chi connectivity index (χ2v) is 8.48. The number of hydrogen-bond donors (Lipinski definition) is 0. The van der Waals surface area contributed by atoms with Crippen LogP contribution < -0.4 is 0 Å². The van der Waals surface area contributed by atoms with Crippen LogP contribution in [-0.2, 0) is 13.1 Å². The first-order valence-electron chi connectivity index (χ1n) is 11.6. The van der Waals surface area contributed by atoms with Gasteiger partial charge in [-0.25, -0.2) is 4.98 Å². The maximum Gasteiger partial charge on any atom is 0.140 e. The molecule has 1 atom stereocenters. The average Bonchev–Trinajstić information content (AvgIpc) is 3.23. The smallest absolute Gasteiger partial charge is 0.140 e. The first-order chi connectivity index (χ1) is 15.7. The lowest BCUT2D eigenvalue weighted by atomic mass is 10.0. The first kappa shape index (κ1) is 22.0. The molecule has 0 spiro atoms. The molecule has 3 aromatic carbocycles. The van der Waals surface area contributed by atoms with Crippen LogP contribution in [0.4, 0.5) is 0 Å². The van der Waals surface area contributed by atoms with Crippen molar-refractivity contribution in [2.45, 2.75) is 45.8 Å². The summed E-state index contributed by atoms with van der Waals surface area (Å²) in [5.41, 5.74) is 6.06. The van der Waals surface area contributed by atoms with Gasteiger partial charge < -0.3 is 4.57 Å². The topological polar surface area (TPSA) is 21.1 Å². The summed E-state index contributed by atoms with van der Waals surface area (Å²) in [7, 11) is 2.21. The Bertz CT molecular complexity index is 1100. The van der Waals surface area contributed by atoms with Crippen LogP contribution in [-0.4, -0.2) is 21.5 Å². The van der Waals surface area contributed by atoms with Gasteiger partial charge in [0.1, 0.15) is 5.82 Å². The van der Waals surface area contributed by atoms with Crippen molar-refractivity contribution in [2.24, 2.45) is 0 Å². The highest BCUT2D eigenvalue weighted by atomic mass is 15.2. The molecule has 1 aromatic heterocycles. The van der Waals surface area contributed by atoms with Crippen molar-refractivity contribution in [3.05, 3.63) is 102 Å². The van der Waals surface area contributed by atoms with Crippen molar-refractivity contribution in [1.29, 1.82) is 0 Å². The molecule has 3 nitrogen and oxygen atoms in total. The van der Waals surface area contributed by atoms with Crippen LogP contribution in [0.15, 0.2) is 91.0 Å². The summed E-state index contributed by atoms with van der Waals surface area (Å²) in [6, 6.07) is 32.1. The van der Waals surface area contributed by atoms with Gasteiger partial charge in [-0.1, -0.05) is 104 Å². The van der Waals surface area contributed by atoms with Crippen LogP contribution >= 0.6 is 0 Å². The lowest BCUT2D eigenvalue weighted by molar-refractivity contribution is 0.244. The van der Waals surface area contributed by atoms with Gasteiger partial charge in [0.05, 0.1) is 11.4 Å². The summed E-state index contributed by atoms with van der Waals surface area (Å²) in [5, 5.41) is 0. The van der Waals surface area contributed by atoms with E-state index in [1.165, 1.54) is 22.4 Å². The minimum atomic E-state index is 0.215. The van der Waals surface area contributed by atoms with Gasteiger partial charge in [-0.05, 0) is 26.0 Å². The molecule has 164 valence electrons. The van der Waals surface area contributed by atoms with E-state index in [1.807, 2.05) is 0 Å². The second kappa shape index (κ2) is 10.4. The quantitative estimate of drug-likeness (QED) is 0.283. The van der Waals surface area contributed by atoms with E-state index in [1.54, 1.807) is 0 Å². The molecule has 32 heavy (non-hydrogen) atoms. The molecular weight excluding hydrogens is 390 g/mol. The van der Waals surface area contributed by atoms with E-state index in [4.69, 9.17) is 4.98 Å². The van der Waals surface area contributed by atoms with E-state index in [2.05, 4.69) is 121 Å². The molecule has 0 amide bonds. The molecule has 3 heteroatoms. The molecule has 0 aliphatic heterocycles. The van der Waals surface area contributed by atoms with E-state index in [9.17, 15) is 0 Å². The Balaban J connectivity index is 1.83. The molecule has 0 aliphatic rings. The van der Waals surface area contributed by atoms with Crippen molar-refractivity contribution in [2.75, 3.05) is 7.05 Å². The van der Waals surface area contributed by atoms with Crippen LogP contribution in [0.3, 0.4) is 0 Å². The van der Waals surface area contributed by atoms with E-state index in [0.717, 1.165) is 37.4 Å². The number of rotatable bonds is 9. The Labute approximate surface area is 192 Å². The number of unbranched alkanes of at least 4 members (excludes halogenated alkanes) is 1. The number of nitrogens with zero attached hydrogens (tertiary/aromatic N) is 3. The molecule has 0 radical (unpaired) electrons. The van der Waals surface area contributed by atoms with Crippen LogP contribution in [0.1, 0.15) is 44.0 Å². The van der Waals surface area contributed by atoms with Crippen LogP contribution in [0.25, 0.3) is 22.6 Å². The monoisotopic (exact) mass is 423 g/mol. The van der Waals surface area contributed by atoms with Gasteiger partial charge in [0, 0.05) is 30.3 Å². The van der Waals surface area contributed by atoms with Gasteiger partial charge in [-0.3, -0.25) is 4.90 Å². The Morgan fingerprint density at radius 2 is 1.38 bits per heavy atom. The molecule has 1 unspecified atom stereocenters. The highest BCUT2D eigenvalue weighted by molar-refractivity contribution is 5.69. The third-order valence-corrected chi connectivity index (χ3v) is 6.15. The molecule has 4 aromatic rings. The van der Waals surface area contributed by atoms with Crippen molar-refractivity contribution in [1.82, 2.24) is 14.5 Å². The summed E-state index contributed by atoms with van der Waals surface area (Å²) in [4.78, 5) is 7.68. The fraction of sp³-hybridized carbons (Fsp3) is 0.276. The van der Waals surface area contributed by atoms with Crippen molar-refractivity contribution in [3.63, 3.8) is 0 Å². The van der Waals surface area contributed by atoms with E-state index >= 15 is 0 Å². The third-order valence-electron chi connectivity index (χ3n) is 6.15. The Morgan fingerprint density at radius 3 is 1.97 bits per heavy atom. The zero-order chi connectivity index (χ0) is 22.3. The summed E-state index contributed by atoms with van der Waals surface area (Å²) in [5.74, 6) is 1.06. The van der Waals surface area contributed by atoms with Gasteiger partial charge >= 0.3 is 0 Å². The third kappa shape index (κ3) is 4.84. The minimum absolute atomic E-state index is 0.215. The zero-order valence-corrected chi connectivity index (χ0v) is 19.4. The Hall–Kier alpha value is -3.17. The minimum Gasteiger partial charge on any atom is -0.326 e. The molecule has 0 N–H and O–H groups in total. The van der Waals surface area contributed by atoms with Gasteiger partial charge in [0.2, 0.25) is 0 Å². The molecule has 1 heterocycles. The molecule has 0 aliphatic carbocycles. The standard InChI is InChI=1S/C29H33N3/c1-4-5-21-32-28(23(2)31(3)22-24-15-9-6-10-16-24)27(25-17-11-7-12-18-25)30-29(32)26-19-13-8-14-20-26/h6-20,23H,4-5,21-22H2,1-3H3. The average molecular weight is 424 g/mol. The van der Waals surface area contributed by atoms with Crippen molar-refractivity contribution >= 4 is 0 Å². The molecule has 0 saturated heterocycles. The lowest BCUT2D eigenvalue weighted by Crippen LogP contribution is -2.25. The maximum absolute atomic E-state index is 5.25. The van der Waals surface area contributed by atoms with E-state index < -0.39 is 0 Å². The van der Waals surface area contributed by atoms with E-state index in [-0.39, 0.29) is 6.04 Å². The fourth-order valence-electron chi connectivity index (χ4n) is 4.26. The highest BCUT2D eigenvalue weighted by Crippen LogP contribution is 2.35.